The van der Waals surface area contributed by atoms with E-state index in [2.05, 4.69) is 29.8 Å². The van der Waals surface area contributed by atoms with Crippen LogP contribution < -0.4 is 9.64 Å². The van der Waals surface area contributed by atoms with Crippen LogP contribution in [0.1, 0.15) is 37.1 Å². The third-order valence-corrected chi connectivity index (χ3v) is 5.69. The van der Waals surface area contributed by atoms with Crippen molar-refractivity contribution in [3.8, 4) is 17.4 Å². The monoisotopic (exact) mass is 422 g/mol. The molecule has 1 unspecified atom stereocenters. The highest BCUT2D eigenvalue weighted by Gasteiger charge is 2.28. The molecule has 0 aromatic carbocycles. The summed E-state index contributed by atoms with van der Waals surface area (Å²) in [5.74, 6) is 1.51. The van der Waals surface area contributed by atoms with Gasteiger partial charge in [-0.15, -0.1) is 0 Å². The molecule has 3 aromatic rings. The van der Waals surface area contributed by atoms with Gasteiger partial charge in [0.15, 0.2) is 11.6 Å². The van der Waals surface area contributed by atoms with Crippen molar-refractivity contribution in [3.63, 3.8) is 0 Å². The fourth-order valence-corrected chi connectivity index (χ4v) is 4.06. The molecular weight excluding hydrogens is 399 g/mol. The van der Waals surface area contributed by atoms with Gasteiger partial charge in [0.25, 0.3) is 0 Å². The first kappa shape index (κ1) is 19.7. The second-order valence-corrected chi connectivity index (χ2v) is 7.70. The molecule has 0 amide bonds. The largest absolute Gasteiger partial charge is 0.490 e. The Kier molecular flexibility index (Phi) is 5.42. The predicted molar refractivity (Wildman–Crippen MR) is 111 cm³/mol. The highest BCUT2D eigenvalue weighted by Crippen LogP contribution is 2.34. The van der Waals surface area contributed by atoms with Crippen LogP contribution >= 0.6 is 0 Å². The first-order valence-corrected chi connectivity index (χ1v) is 10.5. The van der Waals surface area contributed by atoms with Gasteiger partial charge in [0.2, 0.25) is 5.95 Å². The van der Waals surface area contributed by atoms with Crippen LogP contribution in [0, 0.1) is 5.95 Å². The Hall–Kier alpha value is -3.20. The molecule has 2 aliphatic rings. The summed E-state index contributed by atoms with van der Waals surface area (Å²) in [6.07, 6.45) is 7.49. The number of aromatic nitrogens is 5. The summed E-state index contributed by atoms with van der Waals surface area (Å²) < 4.78 is 25.7. The summed E-state index contributed by atoms with van der Waals surface area (Å²) in [4.78, 5) is 23.8. The highest BCUT2D eigenvalue weighted by molar-refractivity contribution is 5.50. The van der Waals surface area contributed by atoms with Gasteiger partial charge in [-0.05, 0) is 13.0 Å². The van der Waals surface area contributed by atoms with E-state index >= 15 is 0 Å². The van der Waals surface area contributed by atoms with E-state index in [1.165, 1.54) is 6.07 Å². The van der Waals surface area contributed by atoms with E-state index in [9.17, 15) is 4.39 Å². The quantitative estimate of drug-likeness (QED) is 0.593. The van der Waals surface area contributed by atoms with E-state index in [0.717, 1.165) is 24.1 Å². The zero-order valence-electron chi connectivity index (χ0n) is 17.2. The second kappa shape index (κ2) is 8.50. The molecule has 31 heavy (non-hydrogen) atoms. The maximum Gasteiger partial charge on any atom is 0.218 e. The van der Waals surface area contributed by atoms with Crippen molar-refractivity contribution < 1.29 is 13.9 Å². The Morgan fingerprint density at radius 3 is 2.68 bits per heavy atom. The van der Waals surface area contributed by atoms with Crippen molar-refractivity contribution in [2.24, 2.45) is 0 Å². The zero-order chi connectivity index (χ0) is 21.2. The van der Waals surface area contributed by atoms with Crippen LogP contribution in [-0.4, -0.2) is 50.8 Å². The lowest BCUT2D eigenvalue weighted by molar-refractivity contribution is 0.0254. The number of nitrogens with zero attached hydrogens (tertiary/aromatic N) is 6. The number of halogens is 1. The molecule has 2 aliphatic heterocycles. The summed E-state index contributed by atoms with van der Waals surface area (Å²) in [6, 6.07) is 4.86. The molecule has 8 nitrogen and oxygen atoms in total. The maximum absolute atomic E-state index is 14.3. The number of ether oxygens (including phenoxy) is 2. The molecule has 0 aliphatic carbocycles. The number of pyridine rings is 1. The van der Waals surface area contributed by atoms with Crippen LogP contribution in [-0.2, 0) is 11.2 Å². The van der Waals surface area contributed by atoms with Crippen LogP contribution in [0.3, 0.4) is 0 Å². The third-order valence-electron chi connectivity index (χ3n) is 5.69. The van der Waals surface area contributed by atoms with E-state index < -0.39 is 5.95 Å². The van der Waals surface area contributed by atoms with Gasteiger partial charge in [-0.2, -0.15) is 4.39 Å². The molecule has 0 radical (unpaired) electrons. The van der Waals surface area contributed by atoms with Crippen LogP contribution in [0.2, 0.25) is 0 Å². The van der Waals surface area contributed by atoms with Crippen molar-refractivity contribution >= 4 is 5.82 Å². The molecule has 5 rings (SSSR count). The Morgan fingerprint density at radius 2 is 1.87 bits per heavy atom. The molecule has 3 aromatic heterocycles. The standard InChI is InChI=1S/C22H23FN6O2/c1-14-17-13-26-22(21-24-6-2-7-25-21)27-18(17)3-8-29(14)20-12-16(11-19(23)28-20)31-15-4-9-30-10-5-15/h2,6-7,11-15H,3-5,8-10H2,1H3. The first-order chi connectivity index (χ1) is 15.2. The third kappa shape index (κ3) is 4.18. The van der Waals surface area contributed by atoms with E-state index in [1.807, 2.05) is 19.2 Å². The Labute approximate surface area is 179 Å². The topological polar surface area (TPSA) is 86.2 Å². The summed E-state index contributed by atoms with van der Waals surface area (Å²) in [6.45, 7) is 4.04. The minimum Gasteiger partial charge on any atom is -0.490 e. The van der Waals surface area contributed by atoms with E-state index in [-0.39, 0.29) is 12.1 Å². The zero-order valence-corrected chi connectivity index (χ0v) is 17.2. The predicted octanol–water partition coefficient (Wildman–Crippen LogP) is 3.15. The number of fused-ring (bicyclic) bond motifs is 1. The Balaban J connectivity index is 1.39. The number of anilines is 1. The number of hydrogen-bond donors (Lipinski definition) is 0. The van der Waals surface area contributed by atoms with Crippen LogP contribution in [0.5, 0.6) is 5.75 Å². The fourth-order valence-electron chi connectivity index (χ4n) is 4.06. The lowest BCUT2D eigenvalue weighted by Gasteiger charge is -2.35. The molecule has 1 atom stereocenters. The SMILES string of the molecule is CC1c2cnc(-c3ncccn3)nc2CCN1c1cc(OC2CCOCC2)cc(F)n1. The highest BCUT2D eigenvalue weighted by atomic mass is 19.1. The average molecular weight is 422 g/mol. The molecule has 0 bridgehead atoms. The van der Waals surface area contributed by atoms with Crippen molar-refractivity contribution in [1.82, 2.24) is 24.9 Å². The van der Waals surface area contributed by atoms with Gasteiger partial charge in [-0.1, -0.05) is 0 Å². The minimum absolute atomic E-state index is 0.0370. The van der Waals surface area contributed by atoms with Crippen LogP contribution in [0.4, 0.5) is 10.2 Å². The van der Waals surface area contributed by atoms with E-state index in [1.54, 1.807) is 18.5 Å². The van der Waals surface area contributed by atoms with Gasteiger partial charge in [-0.3, -0.25) is 0 Å². The van der Waals surface area contributed by atoms with Gasteiger partial charge >= 0.3 is 0 Å². The molecular formula is C22H23FN6O2. The lowest BCUT2D eigenvalue weighted by atomic mass is 9.99. The summed E-state index contributed by atoms with van der Waals surface area (Å²) >= 11 is 0. The van der Waals surface area contributed by atoms with E-state index in [0.29, 0.717) is 49.4 Å². The molecule has 160 valence electrons. The Morgan fingerprint density at radius 1 is 1.06 bits per heavy atom. The molecule has 0 spiro atoms. The van der Waals surface area contributed by atoms with Crippen molar-refractivity contribution in [1.29, 1.82) is 0 Å². The molecule has 5 heterocycles. The van der Waals surface area contributed by atoms with Crippen molar-refractivity contribution in [2.75, 3.05) is 24.7 Å². The summed E-state index contributed by atoms with van der Waals surface area (Å²) in [7, 11) is 0. The van der Waals surface area contributed by atoms with Crippen LogP contribution in [0.15, 0.2) is 36.8 Å². The normalized spacial score (nSPS) is 19.2. The van der Waals surface area contributed by atoms with Gasteiger partial charge in [0, 0.05) is 62.1 Å². The first-order valence-electron chi connectivity index (χ1n) is 10.5. The molecule has 1 fully saturated rings. The van der Waals surface area contributed by atoms with Crippen molar-refractivity contribution in [3.05, 3.63) is 54.0 Å². The average Bonchev–Trinajstić information content (AvgIpc) is 2.80. The van der Waals surface area contributed by atoms with Crippen molar-refractivity contribution in [2.45, 2.75) is 38.3 Å². The molecule has 0 N–H and O–H groups in total. The maximum atomic E-state index is 14.3. The number of rotatable bonds is 4. The van der Waals surface area contributed by atoms with E-state index in [4.69, 9.17) is 9.47 Å². The minimum atomic E-state index is -0.551. The van der Waals surface area contributed by atoms with Gasteiger partial charge in [-0.25, -0.2) is 24.9 Å². The smallest absolute Gasteiger partial charge is 0.218 e. The second-order valence-electron chi connectivity index (χ2n) is 7.70. The van der Waals surface area contributed by atoms with Crippen LogP contribution in [0.25, 0.3) is 11.6 Å². The molecule has 0 saturated carbocycles. The summed E-state index contributed by atoms with van der Waals surface area (Å²) in [5, 5.41) is 0. The van der Waals surface area contributed by atoms with Gasteiger partial charge in [0.05, 0.1) is 24.9 Å². The Bertz CT molecular complexity index is 1060. The summed E-state index contributed by atoms with van der Waals surface area (Å²) in [5.41, 5.74) is 1.94. The molecule has 9 heteroatoms. The fraction of sp³-hybridized carbons (Fsp3) is 0.409. The van der Waals surface area contributed by atoms with Gasteiger partial charge < -0.3 is 14.4 Å². The molecule has 1 saturated heterocycles. The lowest BCUT2D eigenvalue weighted by Crippen LogP contribution is -2.35. The number of hydrogen-bond acceptors (Lipinski definition) is 8. The van der Waals surface area contributed by atoms with Gasteiger partial charge in [0.1, 0.15) is 17.7 Å².